The van der Waals surface area contributed by atoms with E-state index in [-0.39, 0.29) is 24.6 Å². The van der Waals surface area contributed by atoms with Crippen LogP contribution in [0.2, 0.25) is 0 Å². The number of carbonyl (C=O) groups excluding carboxylic acids is 1. The summed E-state index contributed by atoms with van der Waals surface area (Å²) in [6.07, 6.45) is 0.875. The van der Waals surface area contributed by atoms with Gasteiger partial charge in [0, 0.05) is 25.6 Å². The molecule has 0 unspecified atom stereocenters. The molecule has 1 fully saturated rings. The van der Waals surface area contributed by atoms with Gasteiger partial charge in [0.1, 0.15) is 5.75 Å². The molecule has 1 aliphatic heterocycles. The summed E-state index contributed by atoms with van der Waals surface area (Å²) in [7, 11) is 0. The van der Waals surface area contributed by atoms with Crippen molar-refractivity contribution in [3.05, 3.63) is 29.8 Å². The molecule has 1 saturated heterocycles. The largest absolute Gasteiger partial charge is 0.493 e. The van der Waals surface area contributed by atoms with Crippen LogP contribution in [0.1, 0.15) is 38.8 Å². The maximum absolute atomic E-state index is 12.2. The summed E-state index contributed by atoms with van der Waals surface area (Å²) < 4.78 is 5.67. The van der Waals surface area contributed by atoms with Gasteiger partial charge in [0.15, 0.2) is 0 Å². The summed E-state index contributed by atoms with van der Waals surface area (Å²) in [4.78, 5) is 14.0. The number of benzene rings is 1. The molecule has 0 spiro atoms. The second-order valence-electron chi connectivity index (χ2n) is 6.73. The van der Waals surface area contributed by atoms with Gasteiger partial charge in [-0.15, -0.1) is 0 Å². The van der Waals surface area contributed by atoms with E-state index in [4.69, 9.17) is 9.84 Å². The first-order valence-electron chi connectivity index (χ1n) is 8.38. The number of amides is 2. The zero-order valence-electron chi connectivity index (χ0n) is 14.3. The van der Waals surface area contributed by atoms with E-state index in [0.717, 1.165) is 17.7 Å². The van der Waals surface area contributed by atoms with E-state index in [1.165, 1.54) is 0 Å². The van der Waals surface area contributed by atoms with E-state index in [0.29, 0.717) is 25.6 Å². The normalized spacial score (nSPS) is 19.0. The van der Waals surface area contributed by atoms with Crippen LogP contribution in [0.5, 0.6) is 5.75 Å². The number of hydrogen-bond acceptors (Lipinski definition) is 3. The van der Waals surface area contributed by atoms with Crippen molar-refractivity contribution in [2.24, 2.45) is 11.8 Å². The highest BCUT2D eigenvalue weighted by atomic mass is 16.5. The fourth-order valence-corrected chi connectivity index (χ4v) is 2.64. The number of rotatable bonds is 6. The van der Waals surface area contributed by atoms with Crippen molar-refractivity contribution in [3.8, 4) is 5.75 Å². The minimum absolute atomic E-state index is 0.0603. The lowest BCUT2D eigenvalue weighted by atomic mass is 10.1. The van der Waals surface area contributed by atoms with E-state index < -0.39 is 0 Å². The Kier molecular flexibility index (Phi) is 6.28. The molecule has 2 amide bonds. The first kappa shape index (κ1) is 17.6. The van der Waals surface area contributed by atoms with Crippen LogP contribution in [0.25, 0.3) is 0 Å². The van der Waals surface area contributed by atoms with E-state index in [1.54, 1.807) is 4.90 Å². The molecule has 0 aliphatic carbocycles. The zero-order valence-corrected chi connectivity index (χ0v) is 14.3. The van der Waals surface area contributed by atoms with Crippen molar-refractivity contribution in [1.82, 2.24) is 10.2 Å². The standard InChI is InChI=1S/C18H28N2O3/c1-13(2)12-23-17-6-4-16(5-7-17)14(3)19-18(22)20-9-8-15(10-20)11-21/h4-7,13-15,21H,8-12H2,1-3H3,(H,19,22)/t14-,15+/m1/s1. The summed E-state index contributed by atoms with van der Waals surface area (Å²) in [6.45, 7) is 8.41. The van der Waals surface area contributed by atoms with Gasteiger partial charge in [-0.3, -0.25) is 0 Å². The third-order valence-corrected chi connectivity index (χ3v) is 4.13. The molecule has 0 saturated carbocycles. The first-order chi connectivity index (χ1) is 11.0. The van der Waals surface area contributed by atoms with Crippen LogP contribution >= 0.6 is 0 Å². The number of ether oxygens (including phenoxy) is 1. The third-order valence-electron chi connectivity index (χ3n) is 4.13. The van der Waals surface area contributed by atoms with E-state index in [2.05, 4.69) is 19.2 Å². The van der Waals surface area contributed by atoms with Gasteiger partial charge in [-0.1, -0.05) is 26.0 Å². The summed E-state index contributed by atoms with van der Waals surface area (Å²) >= 11 is 0. The van der Waals surface area contributed by atoms with Crippen LogP contribution in [0.15, 0.2) is 24.3 Å². The Labute approximate surface area is 138 Å². The van der Waals surface area contributed by atoms with Gasteiger partial charge in [-0.2, -0.15) is 0 Å². The molecule has 128 valence electrons. The third kappa shape index (κ3) is 5.13. The van der Waals surface area contributed by atoms with Gasteiger partial charge in [-0.05, 0) is 37.0 Å². The molecule has 2 N–H and O–H groups in total. The van der Waals surface area contributed by atoms with Crippen molar-refractivity contribution in [3.63, 3.8) is 0 Å². The van der Waals surface area contributed by atoms with Crippen LogP contribution < -0.4 is 10.1 Å². The minimum Gasteiger partial charge on any atom is -0.493 e. The van der Waals surface area contributed by atoms with Crippen molar-refractivity contribution < 1.29 is 14.6 Å². The predicted molar refractivity (Wildman–Crippen MR) is 90.5 cm³/mol. The lowest BCUT2D eigenvalue weighted by Crippen LogP contribution is -2.39. The molecule has 1 aromatic carbocycles. The Bertz CT molecular complexity index is 501. The second kappa shape index (κ2) is 8.20. The van der Waals surface area contributed by atoms with Gasteiger partial charge in [0.2, 0.25) is 0 Å². The molecule has 2 atom stereocenters. The molecule has 1 aromatic rings. The Hall–Kier alpha value is -1.75. The summed E-state index contributed by atoms with van der Waals surface area (Å²) in [5, 5.41) is 12.2. The van der Waals surface area contributed by atoms with Gasteiger partial charge >= 0.3 is 6.03 Å². The van der Waals surface area contributed by atoms with E-state index in [9.17, 15) is 4.79 Å². The highest BCUT2D eigenvalue weighted by Crippen LogP contribution is 2.20. The van der Waals surface area contributed by atoms with Crippen LogP contribution in [-0.2, 0) is 0 Å². The molecule has 23 heavy (non-hydrogen) atoms. The minimum atomic E-state index is -0.0615. The quantitative estimate of drug-likeness (QED) is 0.847. The lowest BCUT2D eigenvalue weighted by Gasteiger charge is -2.21. The molecule has 1 heterocycles. The fourth-order valence-electron chi connectivity index (χ4n) is 2.64. The molecule has 0 radical (unpaired) electrons. The number of hydrogen-bond donors (Lipinski definition) is 2. The Morgan fingerprint density at radius 1 is 1.35 bits per heavy atom. The number of aliphatic hydroxyl groups is 1. The van der Waals surface area contributed by atoms with Gasteiger partial charge < -0.3 is 20.1 Å². The van der Waals surface area contributed by atoms with Crippen molar-refractivity contribution in [2.45, 2.75) is 33.2 Å². The smallest absolute Gasteiger partial charge is 0.317 e. The number of carbonyl (C=O) groups is 1. The van der Waals surface area contributed by atoms with Gasteiger partial charge in [0.05, 0.1) is 12.6 Å². The van der Waals surface area contributed by atoms with Crippen LogP contribution in [0.3, 0.4) is 0 Å². The number of nitrogens with one attached hydrogen (secondary N) is 1. The van der Waals surface area contributed by atoms with Crippen molar-refractivity contribution in [2.75, 3.05) is 26.3 Å². The summed E-state index contributed by atoms with van der Waals surface area (Å²) in [5.41, 5.74) is 1.05. The topological polar surface area (TPSA) is 61.8 Å². The number of aliphatic hydroxyl groups excluding tert-OH is 1. The van der Waals surface area contributed by atoms with Crippen LogP contribution in [0.4, 0.5) is 4.79 Å². The van der Waals surface area contributed by atoms with Gasteiger partial charge in [0.25, 0.3) is 0 Å². The fraction of sp³-hybridized carbons (Fsp3) is 0.611. The van der Waals surface area contributed by atoms with E-state index >= 15 is 0 Å². The number of likely N-dealkylation sites (tertiary alicyclic amines) is 1. The van der Waals surface area contributed by atoms with Crippen molar-refractivity contribution >= 4 is 6.03 Å². The molecule has 1 aliphatic rings. The van der Waals surface area contributed by atoms with E-state index in [1.807, 2.05) is 31.2 Å². The summed E-state index contributed by atoms with van der Waals surface area (Å²) in [6, 6.07) is 7.74. The molecular formula is C18H28N2O3. The molecular weight excluding hydrogens is 292 g/mol. The average Bonchev–Trinajstić information content (AvgIpc) is 3.02. The lowest BCUT2D eigenvalue weighted by molar-refractivity contribution is 0.195. The molecule has 5 nitrogen and oxygen atoms in total. The van der Waals surface area contributed by atoms with Gasteiger partial charge in [-0.25, -0.2) is 4.79 Å². The molecule has 0 bridgehead atoms. The SMILES string of the molecule is CC(C)COc1ccc([C@@H](C)NC(=O)N2CC[C@H](CO)C2)cc1. The summed E-state index contributed by atoms with van der Waals surface area (Å²) in [5.74, 6) is 1.57. The maximum atomic E-state index is 12.2. The molecule has 0 aromatic heterocycles. The van der Waals surface area contributed by atoms with Crippen molar-refractivity contribution in [1.29, 1.82) is 0 Å². The number of urea groups is 1. The average molecular weight is 320 g/mol. The second-order valence-corrected chi connectivity index (χ2v) is 6.73. The number of nitrogens with zero attached hydrogens (tertiary/aromatic N) is 1. The monoisotopic (exact) mass is 320 g/mol. The Morgan fingerprint density at radius 2 is 2.04 bits per heavy atom. The molecule has 2 rings (SSSR count). The first-order valence-corrected chi connectivity index (χ1v) is 8.38. The highest BCUT2D eigenvalue weighted by Gasteiger charge is 2.26. The van der Waals surface area contributed by atoms with Crippen LogP contribution in [-0.4, -0.2) is 42.3 Å². The zero-order chi connectivity index (χ0) is 16.8. The highest BCUT2D eigenvalue weighted by molar-refractivity contribution is 5.75. The molecule has 5 heteroatoms. The Balaban J connectivity index is 1.85. The predicted octanol–water partition coefficient (Wildman–Crippen LogP) is 2.81. The Morgan fingerprint density at radius 3 is 2.61 bits per heavy atom. The maximum Gasteiger partial charge on any atom is 0.317 e. The van der Waals surface area contributed by atoms with Crippen LogP contribution in [0, 0.1) is 11.8 Å².